The number of hydrogen-bond acceptors (Lipinski definition) is 4. The highest BCUT2D eigenvalue weighted by Gasteiger charge is 2.26. The zero-order valence-corrected chi connectivity index (χ0v) is 12.5. The second-order valence-electron chi connectivity index (χ2n) is 5.31. The minimum absolute atomic E-state index is 0.103. The molecule has 2 aromatic rings. The van der Waals surface area contributed by atoms with E-state index in [4.69, 9.17) is 0 Å². The fourth-order valence-electron chi connectivity index (χ4n) is 2.51. The quantitative estimate of drug-likeness (QED) is 0.853. The van der Waals surface area contributed by atoms with Crippen LogP contribution in [0.4, 0.5) is 0 Å². The van der Waals surface area contributed by atoms with Gasteiger partial charge in [-0.15, -0.1) is 11.3 Å². The molecule has 20 heavy (non-hydrogen) atoms. The summed E-state index contributed by atoms with van der Waals surface area (Å²) in [4.78, 5) is 24.1. The van der Waals surface area contributed by atoms with Gasteiger partial charge in [-0.3, -0.25) is 9.78 Å². The van der Waals surface area contributed by atoms with Crippen molar-refractivity contribution in [1.82, 2.24) is 14.9 Å². The number of hydrogen-bond donors (Lipinski definition) is 0. The van der Waals surface area contributed by atoms with Gasteiger partial charge in [-0.2, -0.15) is 0 Å². The number of amides is 1. The number of carbonyl (C=O) groups is 1. The summed E-state index contributed by atoms with van der Waals surface area (Å²) in [5.74, 6) is 0.379. The van der Waals surface area contributed by atoms with Gasteiger partial charge in [0, 0.05) is 31.4 Å². The Morgan fingerprint density at radius 1 is 1.40 bits per heavy atom. The minimum Gasteiger partial charge on any atom is -0.333 e. The van der Waals surface area contributed by atoms with Crippen molar-refractivity contribution >= 4 is 17.2 Å². The van der Waals surface area contributed by atoms with Crippen molar-refractivity contribution in [3.63, 3.8) is 0 Å². The van der Waals surface area contributed by atoms with Crippen LogP contribution in [-0.4, -0.2) is 27.3 Å². The number of carbonyl (C=O) groups excluding carboxylic acids is 1. The zero-order valence-electron chi connectivity index (χ0n) is 11.7. The first kappa shape index (κ1) is 13.2. The molecule has 0 unspecified atom stereocenters. The van der Waals surface area contributed by atoms with Crippen LogP contribution in [0.2, 0.25) is 0 Å². The van der Waals surface area contributed by atoms with Gasteiger partial charge in [-0.25, -0.2) is 4.98 Å². The van der Waals surface area contributed by atoms with Gasteiger partial charge in [0.2, 0.25) is 0 Å². The molecule has 0 atom stereocenters. The predicted octanol–water partition coefficient (Wildman–Crippen LogP) is 2.86. The molecular weight excluding hydrogens is 270 g/mol. The van der Waals surface area contributed by atoms with Crippen LogP contribution in [0.15, 0.2) is 23.8 Å². The van der Waals surface area contributed by atoms with Crippen LogP contribution in [0.25, 0.3) is 0 Å². The monoisotopic (exact) mass is 287 g/mol. The molecule has 2 aromatic heterocycles. The molecule has 104 valence electrons. The third kappa shape index (κ3) is 2.33. The molecule has 0 N–H and O–H groups in total. The van der Waals surface area contributed by atoms with Gasteiger partial charge in [0.25, 0.3) is 5.91 Å². The number of thiazole rings is 1. The largest absolute Gasteiger partial charge is 0.333 e. The van der Waals surface area contributed by atoms with Crippen molar-refractivity contribution in [2.24, 2.45) is 0 Å². The highest BCUT2D eigenvalue weighted by atomic mass is 32.1. The second kappa shape index (κ2) is 5.32. The first-order chi connectivity index (χ1) is 9.66. The Morgan fingerprint density at radius 2 is 2.25 bits per heavy atom. The Kier molecular flexibility index (Phi) is 3.53. The molecular formula is C15H17N3OS. The maximum absolute atomic E-state index is 12.7. The highest BCUT2D eigenvalue weighted by Crippen LogP contribution is 2.25. The summed E-state index contributed by atoms with van der Waals surface area (Å²) < 4.78 is 0. The summed E-state index contributed by atoms with van der Waals surface area (Å²) >= 11 is 1.44. The first-order valence-electron chi connectivity index (χ1n) is 6.82. The van der Waals surface area contributed by atoms with E-state index in [9.17, 15) is 4.79 Å². The number of aromatic nitrogens is 2. The van der Waals surface area contributed by atoms with Gasteiger partial charge in [0.15, 0.2) is 0 Å². The molecule has 3 heterocycles. The average Bonchev–Trinajstić information content (AvgIpc) is 2.95. The molecule has 0 aliphatic carbocycles. The lowest BCUT2D eigenvalue weighted by atomic mass is 10.0. The van der Waals surface area contributed by atoms with E-state index in [1.807, 2.05) is 17.2 Å². The summed E-state index contributed by atoms with van der Waals surface area (Å²) in [6, 6.07) is 3.98. The van der Waals surface area contributed by atoms with E-state index < -0.39 is 0 Å². The molecule has 0 saturated carbocycles. The summed E-state index contributed by atoms with van der Waals surface area (Å²) in [7, 11) is 0. The second-order valence-corrected chi connectivity index (χ2v) is 6.16. The Bertz CT molecular complexity index is 636. The summed E-state index contributed by atoms with van der Waals surface area (Å²) in [5, 5.41) is 0. The molecule has 0 spiro atoms. The summed E-state index contributed by atoms with van der Waals surface area (Å²) in [6.45, 7) is 5.53. The van der Waals surface area contributed by atoms with Crippen molar-refractivity contribution in [3.05, 3.63) is 45.7 Å². The van der Waals surface area contributed by atoms with Gasteiger partial charge < -0.3 is 4.90 Å². The molecule has 1 aliphatic heterocycles. The Morgan fingerprint density at radius 3 is 3.05 bits per heavy atom. The Hall–Kier alpha value is -1.75. The van der Waals surface area contributed by atoms with E-state index in [1.165, 1.54) is 11.3 Å². The fraction of sp³-hybridized carbons (Fsp3) is 0.400. The molecule has 0 radical (unpaired) electrons. The van der Waals surface area contributed by atoms with Crippen LogP contribution in [-0.2, 0) is 13.0 Å². The zero-order chi connectivity index (χ0) is 14.1. The fourth-order valence-corrected chi connectivity index (χ4v) is 3.42. The van der Waals surface area contributed by atoms with Crippen LogP contribution in [0, 0.1) is 0 Å². The normalized spacial score (nSPS) is 14.4. The van der Waals surface area contributed by atoms with E-state index >= 15 is 0 Å². The van der Waals surface area contributed by atoms with Crippen molar-refractivity contribution in [2.75, 3.05) is 6.54 Å². The van der Waals surface area contributed by atoms with Gasteiger partial charge in [0.05, 0.1) is 11.2 Å². The number of rotatable bonds is 2. The van der Waals surface area contributed by atoms with E-state index in [-0.39, 0.29) is 11.8 Å². The number of fused-ring (bicyclic) bond motifs is 1. The lowest BCUT2D eigenvalue weighted by Crippen LogP contribution is -2.36. The molecule has 5 heteroatoms. The van der Waals surface area contributed by atoms with E-state index in [0.717, 1.165) is 34.8 Å². The number of nitrogens with zero attached hydrogens (tertiary/aromatic N) is 3. The molecule has 0 saturated heterocycles. The van der Waals surface area contributed by atoms with Crippen molar-refractivity contribution in [1.29, 1.82) is 0 Å². The summed E-state index contributed by atoms with van der Waals surface area (Å²) in [6.07, 6.45) is 2.65. The van der Waals surface area contributed by atoms with Crippen LogP contribution >= 0.6 is 11.3 Å². The highest BCUT2D eigenvalue weighted by molar-refractivity contribution is 7.11. The van der Waals surface area contributed by atoms with Gasteiger partial charge in [0.1, 0.15) is 4.88 Å². The third-order valence-corrected chi connectivity index (χ3v) is 4.42. The minimum atomic E-state index is 0.103. The number of pyridine rings is 1. The van der Waals surface area contributed by atoms with E-state index in [1.54, 1.807) is 5.51 Å². The van der Waals surface area contributed by atoms with Crippen molar-refractivity contribution in [2.45, 2.75) is 32.7 Å². The Balaban J connectivity index is 1.84. The average molecular weight is 287 g/mol. The first-order valence-corrected chi connectivity index (χ1v) is 7.70. The van der Waals surface area contributed by atoms with E-state index in [2.05, 4.69) is 29.9 Å². The summed E-state index contributed by atoms with van der Waals surface area (Å²) in [5.41, 5.74) is 4.95. The lowest BCUT2D eigenvalue weighted by molar-refractivity contribution is 0.0736. The van der Waals surface area contributed by atoms with E-state index in [0.29, 0.717) is 6.54 Å². The molecule has 1 amide bonds. The maximum atomic E-state index is 12.7. The smallest absolute Gasteiger partial charge is 0.266 e. The van der Waals surface area contributed by atoms with Crippen LogP contribution < -0.4 is 0 Å². The van der Waals surface area contributed by atoms with Crippen molar-refractivity contribution in [3.8, 4) is 0 Å². The predicted molar refractivity (Wildman–Crippen MR) is 78.9 cm³/mol. The van der Waals surface area contributed by atoms with Gasteiger partial charge in [-0.1, -0.05) is 19.9 Å². The van der Waals surface area contributed by atoms with Gasteiger partial charge in [-0.05, 0) is 17.5 Å². The van der Waals surface area contributed by atoms with Gasteiger partial charge >= 0.3 is 0 Å². The molecule has 0 bridgehead atoms. The molecule has 4 nitrogen and oxygen atoms in total. The SMILES string of the molecule is CC(C)c1ncsc1C(=O)N1CCc2ncccc2C1. The third-order valence-electron chi connectivity index (χ3n) is 3.59. The molecule has 0 aromatic carbocycles. The molecule has 1 aliphatic rings. The Labute approximate surface area is 122 Å². The molecule has 3 rings (SSSR count). The maximum Gasteiger partial charge on any atom is 0.266 e. The topological polar surface area (TPSA) is 46.1 Å². The van der Waals surface area contributed by atoms with Crippen molar-refractivity contribution < 1.29 is 4.79 Å². The van der Waals surface area contributed by atoms with Crippen LogP contribution in [0.5, 0.6) is 0 Å². The van der Waals surface area contributed by atoms with Crippen LogP contribution in [0.3, 0.4) is 0 Å². The standard InChI is InChI=1S/C15H17N3OS/c1-10(2)13-14(20-9-17-13)15(19)18-7-5-12-11(8-18)4-3-6-16-12/h3-4,6,9-10H,5,7-8H2,1-2H3. The molecule has 0 fully saturated rings. The van der Waals surface area contributed by atoms with Crippen LogP contribution in [0.1, 0.15) is 46.4 Å². The lowest BCUT2D eigenvalue weighted by Gasteiger charge is -2.28.